The summed E-state index contributed by atoms with van der Waals surface area (Å²) in [5, 5.41) is 18.9. The maximum atomic E-state index is 14.2. The third kappa shape index (κ3) is 3.16. The quantitative estimate of drug-likeness (QED) is 0.480. The number of benzene rings is 1. The lowest BCUT2D eigenvalue weighted by atomic mass is 9.93. The molecule has 2 aromatic heterocycles. The summed E-state index contributed by atoms with van der Waals surface area (Å²) in [4.78, 5) is 3.79. The molecule has 0 amide bonds. The lowest BCUT2D eigenvalue weighted by Crippen LogP contribution is -2.43. The van der Waals surface area contributed by atoms with Gasteiger partial charge >= 0.3 is 0 Å². The van der Waals surface area contributed by atoms with E-state index in [0.29, 0.717) is 6.07 Å². The average molecular weight is 322 g/mol. The Morgan fingerprint density at radius 1 is 1.22 bits per heavy atom. The highest BCUT2D eigenvalue weighted by atomic mass is 19.1. The van der Waals surface area contributed by atoms with E-state index in [4.69, 9.17) is 5.84 Å². The molecule has 2 heterocycles. The minimum Gasteiger partial charge on any atom is -0.380 e. The summed E-state index contributed by atoms with van der Waals surface area (Å²) in [6.07, 6.45) is 5.44. The first-order chi connectivity index (χ1) is 11.0. The van der Waals surface area contributed by atoms with Gasteiger partial charge in [-0.05, 0) is 6.07 Å². The minimum atomic E-state index is -1.73. The summed E-state index contributed by atoms with van der Waals surface area (Å²) in [7, 11) is 0. The second-order valence-electron chi connectivity index (χ2n) is 5.14. The van der Waals surface area contributed by atoms with Crippen molar-refractivity contribution in [2.24, 2.45) is 0 Å². The standard InChI is InChI=1S/C13H14F2N7O/c14-10-1-2-11(12(15)3-10)13(23,4-21-7-17-6-18-21)5-22-9-20(16)8-19-22/h1-3,6-9,23H,4-5,16H2/q+1/t13-/m1/s1. The Bertz CT molecular complexity index is 805. The van der Waals surface area contributed by atoms with Gasteiger partial charge in [-0.2, -0.15) is 5.10 Å². The summed E-state index contributed by atoms with van der Waals surface area (Å²) >= 11 is 0. The average Bonchev–Trinajstić information content (AvgIpc) is 3.10. The molecule has 3 aromatic rings. The zero-order valence-corrected chi connectivity index (χ0v) is 11.9. The van der Waals surface area contributed by atoms with E-state index in [1.807, 2.05) is 0 Å². The Morgan fingerprint density at radius 3 is 2.61 bits per heavy atom. The van der Waals surface area contributed by atoms with Crippen molar-refractivity contribution in [1.82, 2.24) is 24.5 Å². The van der Waals surface area contributed by atoms with Gasteiger partial charge < -0.3 is 5.11 Å². The Hall–Kier alpha value is -2.88. The predicted octanol–water partition coefficient (Wildman–Crippen LogP) is -0.658. The van der Waals surface area contributed by atoms with Crippen LogP contribution >= 0.6 is 0 Å². The Morgan fingerprint density at radius 2 is 2.00 bits per heavy atom. The molecule has 23 heavy (non-hydrogen) atoms. The van der Waals surface area contributed by atoms with Crippen molar-refractivity contribution < 1.29 is 18.6 Å². The molecule has 0 saturated heterocycles. The molecule has 0 aliphatic carbocycles. The van der Waals surface area contributed by atoms with Crippen LogP contribution in [0.25, 0.3) is 0 Å². The highest BCUT2D eigenvalue weighted by Crippen LogP contribution is 2.28. The van der Waals surface area contributed by atoms with Gasteiger partial charge in [0.25, 0.3) is 6.33 Å². The molecule has 3 rings (SSSR count). The summed E-state index contributed by atoms with van der Waals surface area (Å²) < 4.78 is 31.2. The van der Waals surface area contributed by atoms with E-state index in [-0.39, 0.29) is 18.7 Å². The molecule has 1 atom stereocenters. The van der Waals surface area contributed by atoms with Gasteiger partial charge in [0.1, 0.15) is 36.4 Å². The van der Waals surface area contributed by atoms with Gasteiger partial charge in [0.05, 0.1) is 6.54 Å². The third-order valence-corrected chi connectivity index (χ3v) is 3.35. The van der Waals surface area contributed by atoms with E-state index in [1.165, 1.54) is 45.4 Å². The SMILES string of the molecule is N[n+]1cnn(C[C@](O)(Cn2cncn2)c2ccc(F)cc2F)c1. The van der Waals surface area contributed by atoms with Crippen LogP contribution in [0.1, 0.15) is 5.56 Å². The first-order valence-corrected chi connectivity index (χ1v) is 6.65. The molecule has 10 heteroatoms. The number of nitrogens with two attached hydrogens (primary N) is 1. The normalized spacial score (nSPS) is 13.9. The van der Waals surface area contributed by atoms with Crippen molar-refractivity contribution in [3.05, 3.63) is 60.7 Å². The molecule has 0 bridgehead atoms. The molecule has 0 unspecified atom stereocenters. The molecule has 0 spiro atoms. The fraction of sp³-hybridized carbons (Fsp3) is 0.231. The molecule has 0 aliphatic heterocycles. The van der Waals surface area contributed by atoms with Crippen LogP contribution in [0.5, 0.6) is 0 Å². The molecule has 3 N–H and O–H groups in total. The maximum Gasteiger partial charge on any atom is 0.286 e. The fourth-order valence-electron chi connectivity index (χ4n) is 2.36. The summed E-state index contributed by atoms with van der Waals surface area (Å²) in [6, 6.07) is 2.99. The van der Waals surface area contributed by atoms with Crippen LogP contribution in [0.2, 0.25) is 0 Å². The Balaban J connectivity index is 2.01. The van der Waals surface area contributed by atoms with E-state index in [0.717, 1.165) is 6.07 Å². The van der Waals surface area contributed by atoms with Crippen LogP contribution in [0.15, 0.2) is 43.5 Å². The Labute approximate surface area is 129 Å². The monoisotopic (exact) mass is 322 g/mol. The van der Waals surface area contributed by atoms with Crippen molar-refractivity contribution in [1.29, 1.82) is 0 Å². The zero-order valence-electron chi connectivity index (χ0n) is 11.9. The molecule has 8 nitrogen and oxygen atoms in total. The van der Waals surface area contributed by atoms with Crippen molar-refractivity contribution in [2.75, 3.05) is 5.84 Å². The van der Waals surface area contributed by atoms with Crippen LogP contribution in [0.4, 0.5) is 8.78 Å². The molecule has 0 saturated carbocycles. The van der Waals surface area contributed by atoms with Gasteiger partial charge in [-0.25, -0.2) is 18.4 Å². The van der Waals surface area contributed by atoms with Gasteiger partial charge in [-0.3, -0.25) is 5.84 Å². The molecular weight excluding hydrogens is 308 g/mol. The number of hydrogen-bond donors (Lipinski definition) is 2. The zero-order chi connectivity index (χ0) is 16.4. The van der Waals surface area contributed by atoms with Crippen LogP contribution in [0, 0.1) is 11.6 Å². The highest BCUT2D eigenvalue weighted by molar-refractivity contribution is 5.25. The van der Waals surface area contributed by atoms with Crippen molar-refractivity contribution in [3.8, 4) is 0 Å². The van der Waals surface area contributed by atoms with E-state index in [9.17, 15) is 13.9 Å². The molecule has 0 fully saturated rings. The minimum absolute atomic E-state index is 0.0755. The van der Waals surface area contributed by atoms with E-state index in [1.54, 1.807) is 0 Å². The number of hydrogen-bond acceptors (Lipinski definition) is 5. The van der Waals surface area contributed by atoms with Crippen molar-refractivity contribution in [2.45, 2.75) is 18.7 Å². The second-order valence-corrected chi connectivity index (χ2v) is 5.14. The summed E-state index contributed by atoms with van der Waals surface area (Å²) in [5.74, 6) is 3.93. The largest absolute Gasteiger partial charge is 0.380 e. The summed E-state index contributed by atoms with van der Waals surface area (Å²) in [5.41, 5.74) is -1.81. The lowest BCUT2D eigenvalue weighted by Gasteiger charge is -2.26. The fourth-order valence-corrected chi connectivity index (χ4v) is 2.36. The van der Waals surface area contributed by atoms with E-state index < -0.39 is 17.2 Å². The molecule has 0 aliphatic rings. The van der Waals surface area contributed by atoms with Crippen LogP contribution in [-0.2, 0) is 18.7 Å². The second kappa shape index (κ2) is 5.72. The predicted molar refractivity (Wildman–Crippen MR) is 72.8 cm³/mol. The number of aromatic nitrogens is 6. The van der Waals surface area contributed by atoms with Gasteiger partial charge in [0.2, 0.25) is 6.33 Å². The van der Waals surface area contributed by atoms with Crippen LogP contribution < -0.4 is 10.5 Å². The van der Waals surface area contributed by atoms with Gasteiger partial charge in [-0.15, -0.1) is 9.36 Å². The molecular formula is C13H14F2N7O+. The number of halogens is 2. The smallest absolute Gasteiger partial charge is 0.286 e. The van der Waals surface area contributed by atoms with Crippen molar-refractivity contribution >= 4 is 0 Å². The van der Waals surface area contributed by atoms with Crippen molar-refractivity contribution in [3.63, 3.8) is 0 Å². The van der Waals surface area contributed by atoms with Crippen LogP contribution in [0.3, 0.4) is 0 Å². The number of nitrogen functional groups attached to an aromatic ring is 1. The summed E-state index contributed by atoms with van der Waals surface area (Å²) in [6.45, 7) is -0.209. The molecule has 1 aromatic carbocycles. The van der Waals surface area contributed by atoms with Crippen LogP contribution in [-0.4, -0.2) is 29.7 Å². The Kier molecular flexibility index (Phi) is 3.74. The third-order valence-electron chi connectivity index (χ3n) is 3.35. The number of rotatable bonds is 5. The van der Waals surface area contributed by atoms with E-state index in [2.05, 4.69) is 15.2 Å². The maximum absolute atomic E-state index is 14.2. The molecule has 120 valence electrons. The number of nitrogens with zero attached hydrogens (tertiary/aromatic N) is 6. The van der Waals surface area contributed by atoms with E-state index >= 15 is 0 Å². The lowest BCUT2D eigenvalue weighted by molar-refractivity contribution is -0.639. The highest BCUT2D eigenvalue weighted by Gasteiger charge is 2.36. The molecule has 0 radical (unpaired) electrons. The van der Waals surface area contributed by atoms with Gasteiger partial charge in [-0.1, -0.05) is 6.07 Å². The van der Waals surface area contributed by atoms with Gasteiger partial charge in [0, 0.05) is 16.7 Å². The van der Waals surface area contributed by atoms with Gasteiger partial charge in [0.15, 0.2) is 0 Å². The number of aliphatic hydroxyl groups is 1. The topological polar surface area (TPSA) is 98.7 Å². The first kappa shape index (κ1) is 15.0. The first-order valence-electron chi connectivity index (χ1n) is 6.65.